The van der Waals surface area contributed by atoms with Crippen LogP contribution in [-0.2, 0) is 21.0 Å². The van der Waals surface area contributed by atoms with Crippen molar-refractivity contribution < 1.29 is 15.8 Å². The van der Waals surface area contributed by atoms with E-state index in [1.54, 1.807) is 11.8 Å². The minimum atomic E-state index is -0.417. The lowest BCUT2D eigenvalue weighted by Gasteiger charge is -2.29. The third-order valence-electron chi connectivity index (χ3n) is 6.69. The van der Waals surface area contributed by atoms with Gasteiger partial charge in [-0.25, -0.2) is 0 Å². The number of carbonyl (C=O) groups excluding carboxylic acids is 2. The molecule has 1 fully saturated rings. The van der Waals surface area contributed by atoms with Gasteiger partial charge in [-0.3, -0.25) is 14.9 Å². The lowest BCUT2D eigenvalue weighted by molar-refractivity contribution is -0.155. The topological polar surface area (TPSA) is 81.2 Å². The van der Waals surface area contributed by atoms with Crippen LogP contribution in [0.1, 0.15) is 107 Å². The van der Waals surface area contributed by atoms with Gasteiger partial charge in [0.25, 0.3) is 5.91 Å². The third-order valence-corrected chi connectivity index (χ3v) is 8.73. The van der Waals surface area contributed by atoms with Gasteiger partial charge in [0.1, 0.15) is 10.6 Å². The summed E-state index contributed by atoms with van der Waals surface area (Å²) in [7, 11) is 0. The molecule has 40 heavy (non-hydrogen) atoms. The van der Waals surface area contributed by atoms with Gasteiger partial charge in [-0.05, 0) is 88.0 Å². The molecule has 1 aliphatic carbocycles. The van der Waals surface area contributed by atoms with E-state index in [-0.39, 0.29) is 13.3 Å². The monoisotopic (exact) mass is 583 g/mol. The number of carbonyl (C=O) groups is 2. The van der Waals surface area contributed by atoms with Gasteiger partial charge in [-0.1, -0.05) is 67.6 Å². The van der Waals surface area contributed by atoms with Crippen LogP contribution in [0, 0.1) is 5.92 Å². The summed E-state index contributed by atoms with van der Waals surface area (Å²) in [6, 6.07) is 18.3. The maximum Gasteiger partial charge on any atom is 0.306 e. The summed E-state index contributed by atoms with van der Waals surface area (Å²) in [5.74, 6) is 2.51. The minimum Gasteiger partial charge on any atom is -0.460 e. The summed E-state index contributed by atoms with van der Waals surface area (Å²) in [5, 5.41) is 12.7. The van der Waals surface area contributed by atoms with E-state index < -0.39 is 5.60 Å². The molecule has 1 heterocycles. The predicted octanol–water partition coefficient (Wildman–Crippen LogP) is 8.89. The Labute approximate surface area is 249 Å². The second-order valence-electron chi connectivity index (χ2n) is 10.9. The molecule has 8 heteroatoms. The summed E-state index contributed by atoms with van der Waals surface area (Å²) in [4.78, 5) is 24.8. The Balaban J connectivity index is 0.00000192. The number of nitrogens with one attached hydrogen (secondary N) is 1. The highest BCUT2D eigenvalue weighted by atomic mass is 32.2. The number of hydrogen-bond donors (Lipinski definition) is 1. The SMILES string of the molecule is CC.CC(C)(C)OC(=O)CCC1CCC(c2ccc(C(=O)Nc3nnc(CSCc4ccccc4)s3)cc2)CC1.[HH]. The predicted molar refractivity (Wildman–Crippen MR) is 169 cm³/mol. The molecule has 3 aromatic rings. The van der Waals surface area contributed by atoms with Crippen LogP contribution in [0.4, 0.5) is 5.13 Å². The van der Waals surface area contributed by atoms with Gasteiger partial charge < -0.3 is 4.74 Å². The van der Waals surface area contributed by atoms with E-state index in [2.05, 4.69) is 39.8 Å². The normalized spacial score (nSPS) is 16.9. The number of anilines is 1. The summed E-state index contributed by atoms with van der Waals surface area (Å²) < 4.78 is 5.44. The van der Waals surface area contributed by atoms with Gasteiger partial charge >= 0.3 is 5.97 Å². The number of hydrogen-bond acceptors (Lipinski definition) is 7. The van der Waals surface area contributed by atoms with Gasteiger partial charge in [0, 0.05) is 24.9 Å². The quantitative estimate of drug-likeness (QED) is 0.240. The smallest absolute Gasteiger partial charge is 0.306 e. The molecular formula is C32H45N3O3S2. The fraction of sp³-hybridized carbons (Fsp3) is 0.500. The summed E-state index contributed by atoms with van der Waals surface area (Å²) >= 11 is 3.20. The molecule has 1 aliphatic rings. The first-order valence-electron chi connectivity index (χ1n) is 14.3. The second-order valence-corrected chi connectivity index (χ2v) is 12.9. The largest absolute Gasteiger partial charge is 0.460 e. The van der Waals surface area contributed by atoms with Crippen molar-refractivity contribution in [1.82, 2.24) is 10.2 Å². The highest BCUT2D eigenvalue weighted by molar-refractivity contribution is 7.97. The molecule has 0 unspecified atom stereocenters. The molecule has 6 nitrogen and oxygen atoms in total. The Hall–Kier alpha value is -2.71. The van der Waals surface area contributed by atoms with Crippen LogP contribution in [-0.4, -0.2) is 27.7 Å². The Bertz CT molecular complexity index is 1190. The Morgan fingerprint density at radius 1 is 0.975 bits per heavy atom. The molecular weight excluding hydrogens is 539 g/mol. The van der Waals surface area contributed by atoms with E-state index in [0.717, 1.165) is 48.6 Å². The van der Waals surface area contributed by atoms with E-state index in [1.807, 2.05) is 65.0 Å². The molecule has 218 valence electrons. The number of ether oxygens (including phenoxy) is 1. The highest BCUT2D eigenvalue weighted by Crippen LogP contribution is 2.37. The van der Waals surface area contributed by atoms with Crippen molar-refractivity contribution in [2.24, 2.45) is 5.92 Å². The number of thioether (sulfide) groups is 1. The zero-order valence-corrected chi connectivity index (χ0v) is 26.1. The lowest BCUT2D eigenvalue weighted by Crippen LogP contribution is -2.24. The molecule has 0 atom stereocenters. The third kappa shape index (κ3) is 10.7. The molecule has 0 radical (unpaired) electrons. The molecule has 2 aromatic carbocycles. The number of rotatable bonds is 10. The summed E-state index contributed by atoms with van der Waals surface area (Å²) in [6.07, 6.45) is 5.87. The lowest BCUT2D eigenvalue weighted by atomic mass is 9.77. The van der Waals surface area contributed by atoms with E-state index >= 15 is 0 Å². The fourth-order valence-electron chi connectivity index (χ4n) is 4.77. The number of amides is 1. The molecule has 0 bridgehead atoms. The fourth-order valence-corrected chi connectivity index (χ4v) is 6.55. The first kappa shape index (κ1) is 31.8. The van der Waals surface area contributed by atoms with E-state index in [1.165, 1.54) is 22.5 Å². The summed E-state index contributed by atoms with van der Waals surface area (Å²) in [6.45, 7) is 9.72. The Morgan fingerprint density at radius 2 is 1.65 bits per heavy atom. The first-order chi connectivity index (χ1) is 19.2. The second kappa shape index (κ2) is 15.9. The van der Waals surface area contributed by atoms with Crippen LogP contribution in [0.3, 0.4) is 0 Å². The number of aromatic nitrogens is 2. The average Bonchev–Trinajstić information content (AvgIpc) is 3.40. The average molecular weight is 584 g/mol. The molecule has 0 saturated heterocycles. The number of nitrogens with zero attached hydrogens (tertiary/aromatic N) is 2. The minimum absolute atomic E-state index is 0. The zero-order valence-electron chi connectivity index (χ0n) is 24.4. The van der Waals surface area contributed by atoms with Crippen LogP contribution in [0.5, 0.6) is 0 Å². The molecule has 1 aromatic heterocycles. The van der Waals surface area contributed by atoms with Crippen molar-refractivity contribution in [3.8, 4) is 0 Å². The van der Waals surface area contributed by atoms with E-state index in [9.17, 15) is 9.59 Å². The van der Waals surface area contributed by atoms with Gasteiger partial charge in [-0.2, -0.15) is 0 Å². The molecule has 1 saturated carbocycles. The Morgan fingerprint density at radius 3 is 2.30 bits per heavy atom. The standard InChI is InChI=1S/C30H37N3O3S2.C2H6.H2/c1-30(2,3)36-27(34)18-11-21-9-12-23(13-10-21)24-14-16-25(17-15-24)28(35)31-29-33-32-26(38-29)20-37-19-22-7-5-4-6-8-22;1-2;/h4-8,14-17,21,23H,9-13,18-20H2,1-3H3,(H,31,33,35);1-2H3;1H. The first-order valence-corrected chi connectivity index (χ1v) is 16.3. The van der Waals surface area contributed by atoms with Crippen molar-refractivity contribution >= 4 is 40.1 Å². The van der Waals surface area contributed by atoms with Gasteiger partial charge in [0.05, 0.1) is 0 Å². The molecule has 1 amide bonds. The molecule has 4 rings (SSSR count). The summed E-state index contributed by atoms with van der Waals surface area (Å²) in [5.41, 5.74) is 2.76. The van der Waals surface area contributed by atoms with E-state index in [0.29, 0.717) is 29.0 Å². The van der Waals surface area contributed by atoms with Crippen molar-refractivity contribution in [2.75, 3.05) is 5.32 Å². The number of esters is 1. The number of benzene rings is 2. The molecule has 0 spiro atoms. The van der Waals surface area contributed by atoms with Crippen LogP contribution in [0.25, 0.3) is 0 Å². The highest BCUT2D eigenvalue weighted by Gasteiger charge is 2.24. The van der Waals surface area contributed by atoms with Crippen molar-refractivity contribution in [1.29, 1.82) is 0 Å². The van der Waals surface area contributed by atoms with Crippen molar-refractivity contribution in [3.05, 3.63) is 76.3 Å². The van der Waals surface area contributed by atoms with Crippen molar-refractivity contribution in [3.63, 3.8) is 0 Å². The molecule has 1 N–H and O–H groups in total. The maximum absolute atomic E-state index is 12.8. The molecule has 0 aliphatic heterocycles. The van der Waals surface area contributed by atoms with Crippen LogP contribution in [0.15, 0.2) is 54.6 Å². The van der Waals surface area contributed by atoms with Gasteiger partial charge in [-0.15, -0.1) is 22.0 Å². The van der Waals surface area contributed by atoms with Gasteiger partial charge in [0.2, 0.25) is 5.13 Å². The van der Waals surface area contributed by atoms with Gasteiger partial charge in [0.15, 0.2) is 0 Å². The zero-order chi connectivity index (χ0) is 29.0. The van der Waals surface area contributed by atoms with Crippen LogP contribution < -0.4 is 5.32 Å². The van der Waals surface area contributed by atoms with E-state index in [4.69, 9.17) is 4.74 Å². The van der Waals surface area contributed by atoms with Crippen LogP contribution >= 0.6 is 23.1 Å². The van der Waals surface area contributed by atoms with Crippen LogP contribution in [0.2, 0.25) is 0 Å². The Kier molecular flexibility index (Phi) is 12.7. The van der Waals surface area contributed by atoms with Crippen molar-refractivity contribution in [2.45, 2.75) is 96.2 Å². The maximum atomic E-state index is 12.8.